The first kappa shape index (κ1) is 21.5. The lowest BCUT2D eigenvalue weighted by Gasteiger charge is -2.22. The van der Waals surface area contributed by atoms with Crippen LogP contribution in [0, 0.1) is 6.92 Å². The predicted molar refractivity (Wildman–Crippen MR) is 132 cm³/mol. The predicted octanol–water partition coefficient (Wildman–Crippen LogP) is 4.04. The molecule has 2 aliphatic rings. The summed E-state index contributed by atoms with van der Waals surface area (Å²) >= 11 is 0. The molecule has 4 aromatic rings. The zero-order valence-electron chi connectivity index (χ0n) is 20.2. The van der Waals surface area contributed by atoms with E-state index < -0.39 is 0 Å². The maximum absolute atomic E-state index is 12.5. The van der Waals surface area contributed by atoms with Gasteiger partial charge >= 0.3 is 6.03 Å². The molecule has 0 atom stereocenters. The largest absolute Gasteiger partial charge is 0.339 e. The molecule has 0 saturated heterocycles. The molecule has 35 heavy (non-hydrogen) atoms. The van der Waals surface area contributed by atoms with E-state index in [9.17, 15) is 4.79 Å². The molecule has 0 saturated carbocycles. The number of imidazole rings is 2. The first-order chi connectivity index (χ1) is 17.0. The Labute approximate surface area is 203 Å². The summed E-state index contributed by atoms with van der Waals surface area (Å²) in [7, 11) is 1.82. The number of hydrogen-bond donors (Lipinski definition) is 1. The molecule has 0 aromatic carbocycles. The molecule has 9 heteroatoms. The lowest BCUT2D eigenvalue weighted by molar-refractivity contribution is 0.164. The van der Waals surface area contributed by atoms with Gasteiger partial charge in [-0.3, -0.25) is 9.97 Å². The lowest BCUT2D eigenvalue weighted by atomic mass is 10.1. The minimum absolute atomic E-state index is 0.0208. The molecule has 1 N–H and O–H groups in total. The molecule has 2 amide bonds. The molecule has 6 heterocycles. The van der Waals surface area contributed by atoms with E-state index in [0.717, 1.165) is 76.5 Å². The molecule has 0 fully saturated rings. The SMILES string of the molecule is CCN(C)C(=O)N1Cc2nc(-c3cc(-c4c(-c5cccc(C)n5)nc5n4CCC5)ccn3)[nH]c2C1. The van der Waals surface area contributed by atoms with Crippen molar-refractivity contribution in [2.75, 3.05) is 13.6 Å². The highest BCUT2D eigenvalue weighted by atomic mass is 16.2. The standard InChI is InChI=1S/C26H28N8O/c1-4-32(3)26(35)33-14-20-21(15-33)30-25(29-20)19-13-17(10-11-27-19)24-23(18-8-5-7-16(2)28-18)31-22-9-6-12-34(22)24/h5,7-8,10-11,13H,4,6,9,12,14-15H2,1-3H3,(H,29,30). The van der Waals surface area contributed by atoms with Crippen molar-refractivity contribution in [1.29, 1.82) is 0 Å². The van der Waals surface area contributed by atoms with Crippen LogP contribution in [0.5, 0.6) is 0 Å². The highest BCUT2D eigenvalue weighted by Crippen LogP contribution is 2.36. The number of urea groups is 1. The molecule has 0 unspecified atom stereocenters. The molecule has 6 rings (SSSR count). The number of carbonyl (C=O) groups is 1. The summed E-state index contributed by atoms with van der Waals surface area (Å²) in [6.45, 7) is 6.64. The van der Waals surface area contributed by atoms with Crippen molar-refractivity contribution in [1.82, 2.24) is 39.3 Å². The van der Waals surface area contributed by atoms with Crippen LogP contribution >= 0.6 is 0 Å². The summed E-state index contributed by atoms with van der Waals surface area (Å²) in [5, 5.41) is 0. The van der Waals surface area contributed by atoms with Crippen LogP contribution in [-0.2, 0) is 26.1 Å². The summed E-state index contributed by atoms with van der Waals surface area (Å²) in [4.78, 5) is 38.6. The van der Waals surface area contributed by atoms with E-state index in [0.29, 0.717) is 19.6 Å². The van der Waals surface area contributed by atoms with Crippen molar-refractivity contribution in [3.8, 4) is 34.2 Å². The van der Waals surface area contributed by atoms with Gasteiger partial charge in [-0.05, 0) is 44.5 Å². The van der Waals surface area contributed by atoms with Crippen LogP contribution in [0.2, 0.25) is 0 Å². The number of nitrogens with one attached hydrogen (secondary N) is 1. The Morgan fingerprint density at radius 2 is 2.03 bits per heavy atom. The number of aromatic nitrogens is 6. The van der Waals surface area contributed by atoms with E-state index in [1.807, 2.05) is 56.3 Å². The topological polar surface area (TPSA) is 95.8 Å². The van der Waals surface area contributed by atoms with Gasteiger partial charge < -0.3 is 19.4 Å². The zero-order valence-corrected chi connectivity index (χ0v) is 20.2. The van der Waals surface area contributed by atoms with Crippen LogP contribution in [0.25, 0.3) is 34.2 Å². The van der Waals surface area contributed by atoms with E-state index in [2.05, 4.69) is 20.6 Å². The maximum atomic E-state index is 12.5. The smallest absolute Gasteiger partial charge is 0.320 e. The lowest BCUT2D eigenvalue weighted by Crippen LogP contribution is -2.38. The van der Waals surface area contributed by atoms with Crippen LogP contribution in [0.1, 0.15) is 36.3 Å². The Hall–Kier alpha value is -4.01. The number of fused-ring (bicyclic) bond motifs is 2. The van der Waals surface area contributed by atoms with Crippen molar-refractivity contribution in [2.24, 2.45) is 0 Å². The van der Waals surface area contributed by atoms with Crippen LogP contribution in [0.4, 0.5) is 4.79 Å². The highest BCUT2D eigenvalue weighted by Gasteiger charge is 2.29. The van der Waals surface area contributed by atoms with Crippen molar-refractivity contribution in [3.63, 3.8) is 0 Å². The van der Waals surface area contributed by atoms with E-state index in [-0.39, 0.29) is 6.03 Å². The third-order valence-electron chi connectivity index (χ3n) is 6.86. The maximum Gasteiger partial charge on any atom is 0.320 e. The Morgan fingerprint density at radius 1 is 1.14 bits per heavy atom. The quantitative estimate of drug-likeness (QED) is 0.488. The average Bonchev–Trinajstić information content (AvgIpc) is 3.62. The van der Waals surface area contributed by atoms with Crippen LogP contribution in [-0.4, -0.2) is 58.9 Å². The minimum atomic E-state index is 0.0208. The van der Waals surface area contributed by atoms with Gasteiger partial charge in [0.1, 0.15) is 17.2 Å². The van der Waals surface area contributed by atoms with Gasteiger partial charge in [-0.1, -0.05) is 6.07 Å². The second-order valence-electron chi connectivity index (χ2n) is 9.24. The number of rotatable bonds is 4. The van der Waals surface area contributed by atoms with Gasteiger partial charge in [0, 0.05) is 44.0 Å². The highest BCUT2D eigenvalue weighted by molar-refractivity contribution is 5.79. The van der Waals surface area contributed by atoms with E-state index in [4.69, 9.17) is 15.0 Å². The van der Waals surface area contributed by atoms with Crippen LogP contribution < -0.4 is 0 Å². The molecular weight excluding hydrogens is 440 g/mol. The number of amides is 2. The third-order valence-corrected chi connectivity index (χ3v) is 6.86. The van der Waals surface area contributed by atoms with Crippen molar-refractivity contribution in [3.05, 3.63) is 59.4 Å². The Bertz CT molecular complexity index is 1410. The van der Waals surface area contributed by atoms with Gasteiger partial charge in [-0.15, -0.1) is 0 Å². The molecule has 178 valence electrons. The second-order valence-corrected chi connectivity index (χ2v) is 9.24. The van der Waals surface area contributed by atoms with Crippen LogP contribution in [0.3, 0.4) is 0 Å². The summed E-state index contributed by atoms with van der Waals surface area (Å²) < 4.78 is 2.31. The van der Waals surface area contributed by atoms with Gasteiger partial charge in [-0.2, -0.15) is 0 Å². The molecule has 0 spiro atoms. The Kier molecular flexibility index (Phi) is 5.12. The number of nitrogens with zero attached hydrogens (tertiary/aromatic N) is 7. The molecule has 9 nitrogen and oxygen atoms in total. The Morgan fingerprint density at radius 3 is 2.83 bits per heavy atom. The Balaban J connectivity index is 1.35. The van der Waals surface area contributed by atoms with Gasteiger partial charge in [0.05, 0.1) is 35.9 Å². The van der Waals surface area contributed by atoms with Crippen molar-refractivity contribution < 1.29 is 4.79 Å². The summed E-state index contributed by atoms with van der Waals surface area (Å²) in [5.41, 5.74) is 7.55. The monoisotopic (exact) mass is 468 g/mol. The third kappa shape index (κ3) is 3.67. The van der Waals surface area contributed by atoms with Gasteiger partial charge in [0.15, 0.2) is 5.82 Å². The van der Waals surface area contributed by atoms with E-state index in [1.165, 1.54) is 0 Å². The fraction of sp³-hybridized carbons (Fsp3) is 0.346. The van der Waals surface area contributed by atoms with E-state index >= 15 is 0 Å². The van der Waals surface area contributed by atoms with E-state index in [1.54, 1.807) is 4.90 Å². The fourth-order valence-electron chi connectivity index (χ4n) is 4.95. The minimum Gasteiger partial charge on any atom is -0.339 e. The summed E-state index contributed by atoms with van der Waals surface area (Å²) in [6, 6.07) is 10.2. The number of aryl methyl sites for hydroxylation is 2. The van der Waals surface area contributed by atoms with Gasteiger partial charge in [-0.25, -0.2) is 14.8 Å². The molecule has 0 aliphatic carbocycles. The molecular formula is C26H28N8O. The number of pyridine rings is 2. The van der Waals surface area contributed by atoms with Crippen molar-refractivity contribution >= 4 is 6.03 Å². The first-order valence-electron chi connectivity index (χ1n) is 12.1. The summed E-state index contributed by atoms with van der Waals surface area (Å²) in [5.74, 6) is 1.83. The van der Waals surface area contributed by atoms with Gasteiger partial charge in [0.25, 0.3) is 0 Å². The fourth-order valence-corrected chi connectivity index (χ4v) is 4.95. The number of aromatic amines is 1. The zero-order chi connectivity index (χ0) is 24.1. The number of carbonyl (C=O) groups excluding carboxylic acids is 1. The molecule has 2 aliphatic heterocycles. The number of H-pyrrole nitrogens is 1. The normalized spacial score (nSPS) is 14.3. The van der Waals surface area contributed by atoms with Gasteiger partial charge in [0.2, 0.25) is 0 Å². The average molecular weight is 469 g/mol. The van der Waals surface area contributed by atoms with Crippen LogP contribution in [0.15, 0.2) is 36.5 Å². The molecule has 4 aromatic heterocycles. The summed E-state index contributed by atoms with van der Waals surface area (Å²) in [6.07, 6.45) is 3.90. The first-order valence-corrected chi connectivity index (χ1v) is 12.1. The number of hydrogen-bond acceptors (Lipinski definition) is 5. The van der Waals surface area contributed by atoms with Crippen molar-refractivity contribution in [2.45, 2.75) is 46.3 Å². The molecule has 0 radical (unpaired) electrons. The second kappa shape index (κ2) is 8.33. The molecule has 0 bridgehead atoms.